The number of H-pyrrole nitrogens is 1. The van der Waals surface area contributed by atoms with Crippen molar-refractivity contribution in [2.24, 2.45) is 11.8 Å². The van der Waals surface area contributed by atoms with Crippen LogP contribution in [-0.4, -0.2) is 77.5 Å². The summed E-state index contributed by atoms with van der Waals surface area (Å²) in [6, 6.07) is 9.11. The van der Waals surface area contributed by atoms with E-state index in [0.29, 0.717) is 34.8 Å². The van der Waals surface area contributed by atoms with E-state index in [9.17, 15) is 9.90 Å². The summed E-state index contributed by atoms with van der Waals surface area (Å²) in [6.45, 7) is 1.53. The van der Waals surface area contributed by atoms with Gasteiger partial charge >= 0.3 is 0 Å². The Morgan fingerprint density at radius 2 is 1.96 bits per heavy atom. The van der Waals surface area contributed by atoms with Gasteiger partial charge in [-0.3, -0.25) is 9.89 Å². The van der Waals surface area contributed by atoms with Crippen LogP contribution >= 0.6 is 0 Å². The second kappa shape index (κ2) is 7.56. The lowest BCUT2D eigenvalue weighted by Crippen LogP contribution is -2.47. The molecular weight excluding hydrogens is 356 g/mol. The number of methoxy groups -OCH3 is 1. The number of nitrogens with one attached hydrogen (secondary N) is 1. The van der Waals surface area contributed by atoms with Gasteiger partial charge in [0.1, 0.15) is 11.4 Å². The number of aromatic hydroxyl groups is 1. The number of ether oxygens (including phenoxy) is 1. The largest absolute Gasteiger partial charge is 0.507 e. The monoisotopic (exact) mass is 384 g/mol. The molecule has 1 aromatic carbocycles. The van der Waals surface area contributed by atoms with E-state index in [1.54, 1.807) is 31.4 Å². The summed E-state index contributed by atoms with van der Waals surface area (Å²) in [6.07, 6.45) is 2.25. The number of likely N-dealkylation sites (N-methyl/N-ethyl adjacent to an activating group) is 1. The molecule has 1 aliphatic heterocycles. The molecule has 0 bridgehead atoms. The van der Waals surface area contributed by atoms with Crippen molar-refractivity contribution in [1.82, 2.24) is 20.0 Å². The third-order valence-corrected chi connectivity index (χ3v) is 6.33. The molecule has 2 aliphatic rings. The zero-order valence-electron chi connectivity index (χ0n) is 16.6. The fourth-order valence-corrected chi connectivity index (χ4v) is 4.78. The number of phenols is 1. The highest BCUT2D eigenvalue weighted by atomic mass is 16.5. The first kappa shape index (κ1) is 19.0. The van der Waals surface area contributed by atoms with E-state index in [1.165, 1.54) is 0 Å². The molecule has 2 fully saturated rings. The van der Waals surface area contributed by atoms with Gasteiger partial charge in [-0.1, -0.05) is 12.1 Å². The third kappa shape index (κ3) is 3.40. The number of amides is 1. The Labute approximate surface area is 165 Å². The topological polar surface area (TPSA) is 81.7 Å². The molecule has 150 valence electrons. The molecule has 1 amide bonds. The average Bonchev–Trinajstić information content (AvgIpc) is 3.33. The van der Waals surface area contributed by atoms with E-state index in [-0.39, 0.29) is 17.8 Å². The van der Waals surface area contributed by atoms with Crippen LogP contribution in [0.3, 0.4) is 0 Å². The number of carbonyl (C=O) groups excluding carboxylic acids is 1. The normalized spacial score (nSPS) is 27.2. The van der Waals surface area contributed by atoms with Crippen molar-refractivity contribution >= 4 is 5.91 Å². The summed E-state index contributed by atoms with van der Waals surface area (Å²) >= 11 is 0. The van der Waals surface area contributed by atoms with Gasteiger partial charge in [-0.2, -0.15) is 5.10 Å². The van der Waals surface area contributed by atoms with Crippen LogP contribution in [0.1, 0.15) is 23.3 Å². The highest BCUT2D eigenvalue weighted by Crippen LogP contribution is 2.39. The molecule has 0 spiro atoms. The lowest BCUT2D eigenvalue weighted by molar-refractivity contribution is -0.0209. The summed E-state index contributed by atoms with van der Waals surface area (Å²) in [4.78, 5) is 17.2. The van der Waals surface area contributed by atoms with E-state index in [1.807, 2.05) is 11.0 Å². The number of hydrogen-bond donors (Lipinski definition) is 2. The molecule has 2 N–H and O–H groups in total. The minimum absolute atomic E-state index is 0.0288. The number of rotatable bonds is 4. The Morgan fingerprint density at radius 3 is 2.64 bits per heavy atom. The summed E-state index contributed by atoms with van der Waals surface area (Å²) in [5, 5.41) is 17.1. The second-order valence-electron chi connectivity index (χ2n) is 8.19. The molecular formula is C21H28N4O3. The number of aromatic nitrogens is 2. The molecule has 1 aromatic heterocycles. The van der Waals surface area contributed by atoms with Crippen LogP contribution in [0.15, 0.2) is 30.3 Å². The summed E-state index contributed by atoms with van der Waals surface area (Å²) in [7, 11) is 5.98. The van der Waals surface area contributed by atoms with Gasteiger partial charge in [-0.05, 0) is 57.0 Å². The Morgan fingerprint density at radius 1 is 1.25 bits per heavy atom. The molecule has 7 nitrogen and oxygen atoms in total. The summed E-state index contributed by atoms with van der Waals surface area (Å²) in [5.74, 6) is 1.11. The Balaban J connectivity index is 1.48. The maximum atomic E-state index is 13.0. The van der Waals surface area contributed by atoms with E-state index >= 15 is 0 Å². The van der Waals surface area contributed by atoms with Crippen molar-refractivity contribution in [2.45, 2.75) is 25.0 Å². The van der Waals surface area contributed by atoms with Gasteiger partial charge in [0.15, 0.2) is 0 Å². The van der Waals surface area contributed by atoms with E-state index in [0.717, 1.165) is 25.9 Å². The first-order valence-corrected chi connectivity index (χ1v) is 9.80. The zero-order valence-corrected chi connectivity index (χ0v) is 16.6. The van der Waals surface area contributed by atoms with Gasteiger partial charge in [0.25, 0.3) is 5.91 Å². The lowest BCUT2D eigenvalue weighted by Gasteiger charge is -2.40. The molecule has 2 heterocycles. The van der Waals surface area contributed by atoms with Crippen molar-refractivity contribution in [2.75, 3.05) is 34.3 Å². The number of para-hydroxylation sites is 1. The lowest BCUT2D eigenvalue weighted by atomic mass is 9.77. The predicted molar refractivity (Wildman–Crippen MR) is 106 cm³/mol. The standard InChI is InChI=1S/C21H28N4O3/c1-24(2)18-8-13-11-25(12-14(13)9-20(18)28-3)21(27)17-10-16(22-23-17)15-6-4-5-7-19(15)26/h4-7,10,13-14,18,20,26H,8-9,11-12H2,1-3H3,(H,22,23)/t13-,14+,18-,20-/m1/s1. The van der Waals surface area contributed by atoms with Crippen LogP contribution in [0.25, 0.3) is 11.3 Å². The molecule has 1 aliphatic carbocycles. The van der Waals surface area contributed by atoms with Gasteiger partial charge in [0.2, 0.25) is 0 Å². The smallest absolute Gasteiger partial charge is 0.271 e. The van der Waals surface area contributed by atoms with Crippen LogP contribution in [0.5, 0.6) is 5.75 Å². The minimum atomic E-state index is -0.0288. The molecule has 1 saturated carbocycles. The second-order valence-corrected chi connectivity index (χ2v) is 8.19. The van der Waals surface area contributed by atoms with Crippen LogP contribution in [0, 0.1) is 11.8 Å². The quantitative estimate of drug-likeness (QED) is 0.845. The molecule has 0 radical (unpaired) electrons. The summed E-state index contributed by atoms with van der Waals surface area (Å²) < 4.78 is 5.73. The number of likely N-dealkylation sites (tertiary alicyclic amines) is 1. The number of nitrogens with zero attached hydrogens (tertiary/aromatic N) is 3. The SMILES string of the molecule is CO[C@@H]1C[C@H]2CN(C(=O)c3cc(-c4ccccc4O)n[nH]3)C[C@H]2C[C@H]1N(C)C. The average molecular weight is 384 g/mol. The first-order chi connectivity index (χ1) is 13.5. The van der Waals surface area contributed by atoms with Crippen LogP contribution in [-0.2, 0) is 4.74 Å². The number of fused-ring (bicyclic) bond motifs is 1. The van der Waals surface area contributed by atoms with Gasteiger partial charge in [-0.15, -0.1) is 0 Å². The number of aromatic amines is 1. The summed E-state index contributed by atoms with van der Waals surface area (Å²) in [5.41, 5.74) is 1.65. The Kier molecular flexibility index (Phi) is 5.12. The Hall–Kier alpha value is -2.38. The van der Waals surface area contributed by atoms with Crippen LogP contribution in [0.2, 0.25) is 0 Å². The van der Waals surface area contributed by atoms with Crippen molar-refractivity contribution in [3.05, 3.63) is 36.0 Å². The number of benzene rings is 1. The minimum Gasteiger partial charge on any atom is -0.507 e. The van der Waals surface area contributed by atoms with Gasteiger partial charge < -0.3 is 19.6 Å². The van der Waals surface area contributed by atoms with Crippen LogP contribution in [0.4, 0.5) is 0 Å². The molecule has 4 atom stereocenters. The van der Waals surface area contributed by atoms with Crippen molar-refractivity contribution in [3.63, 3.8) is 0 Å². The highest BCUT2D eigenvalue weighted by molar-refractivity contribution is 5.93. The number of phenolic OH excluding ortho intramolecular Hbond substituents is 1. The Bertz CT molecular complexity index is 850. The van der Waals surface area contributed by atoms with Crippen molar-refractivity contribution in [3.8, 4) is 17.0 Å². The first-order valence-electron chi connectivity index (χ1n) is 9.80. The fourth-order valence-electron chi connectivity index (χ4n) is 4.78. The number of carbonyl (C=O) groups is 1. The predicted octanol–water partition coefficient (Wildman–Crippen LogP) is 2.21. The molecule has 0 unspecified atom stereocenters. The molecule has 28 heavy (non-hydrogen) atoms. The van der Waals surface area contributed by atoms with E-state index in [4.69, 9.17) is 4.74 Å². The zero-order chi connectivity index (χ0) is 19.8. The van der Waals surface area contributed by atoms with Gasteiger partial charge in [-0.25, -0.2) is 0 Å². The van der Waals surface area contributed by atoms with Crippen molar-refractivity contribution < 1.29 is 14.6 Å². The van der Waals surface area contributed by atoms with Crippen molar-refractivity contribution in [1.29, 1.82) is 0 Å². The highest BCUT2D eigenvalue weighted by Gasteiger charge is 2.44. The molecule has 1 saturated heterocycles. The van der Waals surface area contributed by atoms with Gasteiger partial charge in [0.05, 0.1) is 11.8 Å². The fraction of sp³-hybridized carbons (Fsp3) is 0.524. The maximum absolute atomic E-state index is 13.0. The molecule has 7 heteroatoms. The van der Waals surface area contributed by atoms with E-state index < -0.39 is 0 Å². The maximum Gasteiger partial charge on any atom is 0.271 e. The molecule has 4 rings (SSSR count). The third-order valence-electron chi connectivity index (χ3n) is 6.33. The number of hydrogen-bond acceptors (Lipinski definition) is 5. The van der Waals surface area contributed by atoms with E-state index in [2.05, 4.69) is 29.2 Å². The molecule has 2 aromatic rings. The van der Waals surface area contributed by atoms with Crippen LogP contribution < -0.4 is 0 Å². The van der Waals surface area contributed by atoms with Gasteiger partial charge in [0, 0.05) is 31.8 Å².